The number of halogens is 3. The monoisotopic (exact) mass is 476 g/mol. The van der Waals surface area contributed by atoms with Gasteiger partial charge in [-0.3, -0.25) is 4.90 Å². The number of hydrogen-bond acceptors (Lipinski definition) is 3. The molecule has 1 aromatic heterocycles. The Bertz CT molecular complexity index is 1040. The number of rotatable bonds is 5. The van der Waals surface area contributed by atoms with E-state index in [1.807, 2.05) is 18.2 Å². The molecule has 1 saturated carbocycles. The van der Waals surface area contributed by atoms with Crippen LogP contribution in [0.5, 0.6) is 0 Å². The number of hydrogen-bond donors (Lipinski definition) is 0. The van der Waals surface area contributed by atoms with E-state index in [2.05, 4.69) is 57.0 Å². The zero-order valence-corrected chi connectivity index (χ0v) is 19.9. The third kappa shape index (κ3) is 4.36. The second kappa shape index (κ2) is 9.11. The maximum Gasteiger partial charge on any atom is 0.143 e. The van der Waals surface area contributed by atoms with Crippen molar-refractivity contribution < 1.29 is 0 Å². The quantitative estimate of drug-likeness (QED) is 0.452. The van der Waals surface area contributed by atoms with E-state index in [1.165, 1.54) is 5.56 Å². The molecule has 1 saturated heterocycles. The van der Waals surface area contributed by atoms with Crippen molar-refractivity contribution in [2.75, 3.05) is 13.1 Å². The molecule has 2 fully saturated rings. The Morgan fingerprint density at radius 2 is 1.71 bits per heavy atom. The molecule has 1 aliphatic heterocycles. The third-order valence-corrected chi connectivity index (χ3v) is 7.36. The van der Waals surface area contributed by atoms with Crippen LogP contribution in [0.1, 0.15) is 54.4 Å². The summed E-state index contributed by atoms with van der Waals surface area (Å²) in [5.74, 6) is 2.72. The Balaban J connectivity index is 0.00000231. The van der Waals surface area contributed by atoms with Crippen LogP contribution in [0.2, 0.25) is 10.0 Å². The molecule has 31 heavy (non-hydrogen) atoms. The molecule has 0 unspecified atom stereocenters. The predicted molar refractivity (Wildman–Crippen MR) is 128 cm³/mol. The minimum absolute atomic E-state index is 0. The minimum atomic E-state index is 0. The fourth-order valence-corrected chi connectivity index (χ4v) is 5.35. The van der Waals surface area contributed by atoms with E-state index < -0.39 is 0 Å². The van der Waals surface area contributed by atoms with E-state index in [0.717, 1.165) is 67.6 Å². The van der Waals surface area contributed by atoms with Gasteiger partial charge >= 0.3 is 0 Å². The molecule has 0 radical (unpaired) electrons. The van der Waals surface area contributed by atoms with E-state index in [4.69, 9.17) is 23.2 Å². The Kier molecular flexibility index (Phi) is 6.64. The smallest absolute Gasteiger partial charge is 0.143 e. The van der Waals surface area contributed by atoms with Crippen LogP contribution in [-0.2, 0) is 19.0 Å². The Morgan fingerprint density at radius 3 is 2.35 bits per heavy atom. The fraction of sp³-hybridized carbons (Fsp3) is 0.417. The molecule has 7 heteroatoms. The molecule has 2 aromatic carbocycles. The van der Waals surface area contributed by atoms with E-state index in [9.17, 15) is 0 Å². The van der Waals surface area contributed by atoms with Gasteiger partial charge in [0, 0.05) is 29.6 Å². The first kappa shape index (κ1) is 22.6. The molecule has 0 amide bonds. The van der Waals surface area contributed by atoms with Gasteiger partial charge < -0.3 is 4.57 Å². The topological polar surface area (TPSA) is 34.0 Å². The lowest BCUT2D eigenvalue weighted by molar-refractivity contribution is 0.200. The van der Waals surface area contributed by atoms with Gasteiger partial charge in [-0.2, -0.15) is 0 Å². The van der Waals surface area contributed by atoms with Gasteiger partial charge in [0.1, 0.15) is 11.6 Å². The van der Waals surface area contributed by atoms with Crippen molar-refractivity contribution in [1.29, 1.82) is 0 Å². The lowest BCUT2D eigenvalue weighted by Crippen LogP contribution is -2.33. The van der Waals surface area contributed by atoms with E-state index in [0.29, 0.717) is 10.9 Å². The van der Waals surface area contributed by atoms with Gasteiger partial charge in [-0.15, -0.1) is 22.6 Å². The van der Waals surface area contributed by atoms with Gasteiger partial charge in [0.25, 0.3) is 0 Å². The summed E-state index contributed by atoms with van der Waals surface area (Å²) in [5, 5.41) is 10.8. The van der Waals surface area contributed by atoms with Crippen LogP contribution >= 0.6 is 35.6 Å². The van der Waals surface area contributed by atoms with Crippen LogP contribution in [0.4, 0.5) is 0 Å². The van der Waals surface area contributed by atoms with Gasteiger partial charge in [0.05, 0.1) is 5.41 Å². The summed E-state index contributed by atoms with van der Waals surface area (Å²) in [4.78, 5) is 2.47. The van der Waals surface area contributed by atoms with Crippen molar-refractivity contribution in [2.24, 2.45) is 7.05 Å². The molecule has 1 aliphatic carbocycles. The molecular weight excluding hydrogens is 451 g/mol. The number of nitrogens with zero attached hydrogens (tertiary/aromatic N) is 4. The molecule has 2 aliphatic rings. The van der Waals surface area contributed by atoms with E-state index in [-0.39, 0.29) is 17.8 Å². The van der Waals surface area contributed by atoms with Gasteiger partial charge in [-0.05, 0) is 62.0 Å². The van der Waals surface area contributed by atoms with Gasteiger partial charge in [0.2, 0.25) is 0 Å². The summed E-state index contributed by atoms with van der Waals surface area (Å²) in [6, 6.07) is 16.5. The van der Waals surface area contributed by atoms with E-state index in [1.54, 1.807) is 0 Å². The summed E-state index contributed by atoms with van der Waals surface area (Å²) in [6.45, 7) is 2.94. The molecule has 164 valence electrons. The van der Waals surface area contributed by atoms with Gasteiger partial charge in [-0.1, -0.05) is 59.6 Å². The first-order valence-corrected chi connectivity index (χ1v) is 11.4. The highest BCUT2D eigenvalue weighted by atomic mass is 35.5. The summed E-state index contributed by atoms with van der Waals surface area (Å²) in [5.41, 5.74) is 2.56. The highest BCUT2D eigenvalue weighted by molar-refractivity contribution is 6.35. The van der Waals surface area contributed by atoms with Crippen molar-refractivity contribution in [2.45, 2.75) is 43.6 Å². The first-order valence-electron chi connectivity index (χ1n) is 10.7. The zero-order chi connectivity index (χ0) is 20.7. The molecule has 0 spiro atoms. The second-order valence-corrected chi connectivity index (χ2v) is 9.52. The van der Waals surface area contributed by atoms with Crippen LogP contribution < -0.4 is 0 Å². The predicted octanol–water partition coefficient (Wildman–Crippen LogP) is 6.00. The van der Waals surface area contributed by atoms with Crippen LogP contribution in [0.25, 0.3) is 0 Å². The normalized spacial score (nSPS) is 18.5. The van der Waals surface area contributed by atoms with Crippen molar-refractivity contribution >= 4 is 35.6 Å². The molecule has 0 atom stereocenters. The molecule has 3 aromatic rings. The van der Waals surface area contributed by atoms with Crippen molar-refractivity contribution in [3.8, 4) is 0 Å². The standard InChI is InChI=1S/C24H26Cl2N4.ClH/c1-29-22(27-28-23(29)24(11-12-24)19-5-3-2-4-6-19)17-9-13-30(14-10-17)16-18-7-8-20(25)15-21(18)26;/h2-8,15,17H,9-14,16H2,1H3;1H. The van der Waals surface area contributed by atoms with Crippen molar-refractivity contribution in [1.82, 2.24) is 19.7 Å². The molecule has 2 heterocycles. The maximum absolute atomic E-state index is 6.36. The zero-order valence-electron chi connectivity index (χ0n) is 17.6. The summed E-state index contributed by atoms with van der Waals surface area (Å²) >= 11 is 12.4. The van der Waals surface area contributed by atoms with E-state index >= 15 is 0 Å². The molecular formula is C24H27Cl3N4. The van der Waals surface area contributed by atoms with Crippen LogP contribution in [0, 0.1) is 0 Å². The third-order valence-electron chi connectivity index (χ3n) is 6.77. The Hall–Kier alpha value is -1.59. The average molecular weight is 478 g/mol. The number of piperidine rings is 1. The van der Waals surface area contributed by atoms with Crippen molar-refractivity contribution in [3.05, 3.63) is 81.4 Å². The SMILES string of the molecule is Cl.Cn1c(C2CCN(Cc3ccc(Cl)cc3Cl)CC2)nnc1C1(c2ccccc2)CC1. The number of likely N-dealkylation sites (tertiary alicyclic amines) is 1. The molecule has 4 nitrogen and oxygen atoms in total. The Labute approximate surface area is 200 Å². The number of benzene rings is 2. The maximum atomic E-state index is 6.36. The molecule has 5 rings (SSSR count). The summed E-state index contributed by atoms with van der Waals surface area (Å²) in [6.07, 6.45) is 4.50. The van der Waals surface area contributed by atoms with Crippen LogP contribution in [0.3, 0.4) is 0 Å². The fourth-order valence-electron chi connectivity index (χ4n) is 4.88. The largest absolute Gasteiger partial charge is 0.317 e. The Morgan fingerprint density at radius 1 is 1.00 bits per heavy atom. The second-order valence-electron chi connectivity index (χ2n) is 8.68. The van der Waals surface area contributed by atoms with Crippen LogP contribution in [-0.4, -0.2) is 32.8 Å². The lowest BCUT2D eigenvalue weighted by Gasteiger charge is -2.31. The highest BCUT2D eigenvalue weighted by Gasteiger charge is 2.50. The average Bonchev–Trinajstić information content (AvgIpc) is 3.48. The molecule has 0 bridgehead atoms. The lowest BCUT2D eigenvalue weighted by atomic mass is 9.93. The summed E-state index contributed by atoms with van der Waals surface area (Å²) in [7, 11) is 2.15. The highest BCUT2D eigenvalue weighted by Crippen LogP contribution is 2.52. The summed E-state index contributed by atoms with van der Waals surface area (Å²) < 4.78 is 2.27. The van der Waals surface area contributed by atoms with Crippen LogP contribution in [0.15, 0.2) is 48.5 Å². The minimum Gasteiger partial charge on any atom is -0.317 e. The van der Waals surface area contributed by atoms with Gasteiger partial charge in [-0.25, -0.2) is 0 Å². The van der Waals surface area contributed by atoms with Crippen molar-refractivity contribution in [3.63, 3.8) is 0 Å². The number of aromatic nitrogens is 3. The van der Waals surface area contributed by atoms with Gasteiger partial charge in [0.15, 0.2) is 0 Å². The first-order chi connectivity index (χ1) is 14.6. The molecule has 0 N–H and O–H groups in total.